The average molecular weight is 198 g/mol. The fourth-order valence-corrected chi connectivity index (χ4v) is 1.08. The van der Waals surface area contributed by atoms with Crippen LogP contribution in [0.4, 0.5) is 5.69 Å². The predicted molar refractivity (Wildman–Crippen MR) is 47.3 cm³/mol. The van der Waals surface area contributed by atoms with Crippen LogP contribution in [0.25, 0.3) is 0 Å². The number of Topliss-reactive ketones (excluding diaryl/α,β-unsaturated/α-hetero) is 1. The van der Waals surface area contributed by atoms with Crippen LogP contribution in [-0.2, 0) is 0 Å². The third-order valence-corrected chi connectivity index (χ3v) is 1.73. The van der Waals surface area contributed by atoms with Crippen molar-refractivity contribution in [2.24, 2.45) is 0 Å². The lowest BCUT2D eigenvalue weighted by molar-refractivity contribution is -0.386. The van der Waals surface area contributed by atoms with Crippen LogP contribution in [0, 0.1) is 10.1 Å². The minimum Gasteiger partial charge on any atom is -0.353 e. The number of hydrogen-bond donors (Lipinski definition) is 0. The van der Waals surface area contributed by atoms with Crippen molar-refractivity contribution in [3.63, 3.8) is 0 Å². The van der Waals surface area contributed by atoms with E-state index in [2.05, 4.69) is 5.16 Å². The molecule has 0 unspecified atom stereocenters. The summed E-state index contributed by atoms with van der Waals surface area (Å²) in [5, 5.41) is 14.1. The summed E-state index contributed by atoms with van der Waals surface area (Å²) in [6.45, 7) is 4.68. The van der Waals surface area contributed by atoms with Crippen molar-refractivity contribution in [2.45, 2.75) is 26.7 Å². The molecule has 1 aromatic heterocycles. The molecule has 0 aliphatic carbocycles. The maximum Gasteiger partial charge on any atom is 0.342 e. The Balaban J connectivity index is 3.35. The molecule has 14 heavy (non-hydrogen) atoms. The summed E-state index contributed by atoms with van der Waals surface area (Å²) in [4.78, 5) is 21.0. The molecule has 0 aromatic carbocycles. The van der Waals surface area contributed by atoms with Gasteiger partial charge in [0.25, 0.3) is 0 Å². The number of nitro groups is 1. The highest BCUT2D eigenvalue weighted by Crippen LogP contribution is 2.29. The summed E-state index contributed by atoms with van der Waals surface area (Å²) in [5.41, 5.74) is -0.522. The van der Waals surface area contributed by atoms with Crippen molar-refractivity contribution in [1.29, 1.82) is 0 Å². The SMILES string of the molecule is CC(=O)c1noc(C(C)C)c1[N+](=O)[O-]. The summed E-state index contributed by atoms with van der Waals surface area (Å²) in [7, 11) is 0. The van der Waals surface area contributed by atoms with E-state index in [0.29, 0.717) is 0 Å². The number of aromatic nitrogens is 1. The van der Waals surface area contributed by atoms with Crippen molar-refractivity contribution in [3.8, 4) is 0 Å². The summed E-state index contributed by atoms with van der Waals surface area (Å²) in [6.07, 6.45) is 0. The van der Waals surface area contributed by atoms with Gasteiger partial charge in [0.2, 0.25) is 11.5 Å². The zero-order valence-electron chi connectivity index (χ0n) is 8.10. The molecule has 0 aliphatic heterocycles. The number of ketones is 1. The second-order valence-electron chi connectivity index (χ2n) is 3.21. The second kappa shape index (κ2) is 3.57. The van der Waals surface area contributed by atoms with Crippen molar-refractivity contribution in [2.75, 3.05) is 0 Å². The van der Waals surface area contributed by atoms with Crippen LogP contribution in [0.1, 0.15) is 42.9 Å². The van der Waals surface area contributed by atoms with E-state index in [4.69, 9.17) is 4.52 Å². The molecule has 6 heteroatoms. The van der Waals surface area contributed by atoms with Gasteiger partial charge in [0.1, 0.15) is 0 Å². The first-order valence-corrected chi connectivity index (χ1v) is 4.10. The van der Waals surface area contributed by atoms with E-state index >= 15 is 0 Å². The molecule has 0 saturated carbocycles. The van der Waals surface area contributed by atoms with Crippen molar-refractivity contribution in [1.82, 2.24) is 5.16 Å². The first-order valence-electron chi connectivity index (χ1n) is 4.10. The molecule has 0 amide bonds. The van der Waals surface area contributed by atoms with Crippen molar-refractivity contribution >= 4 is 11.5 Å². The van der Waals surface area contributed by atoms with Gasteiger partial charge in [0, 0.05) is 12.8 Å². The van der Waals surface area contributed by atoms with Gasteiger partial charge in [-0.25, -0.2) is 0 Å². The zero-order valence-corrected chi connectivity index (χ0v) is 8.10. The number of rotatable bonds is 3. The van der Waals surface area contributed by atoms with Crippen LogP contribution in [0.2, 0.25) is 0 Å². The number of nitrogens with zero attached hydrogens (tertiary/aromatic N) is 2. The molecule has 0 fully saturated rings. The van der Waals surface area contributed by atoms with Crippen LogP contribution in [0.5, 0.6) is 0 Å². The molecule has 1 aromatic rings. The van der Waals surface area contributed by atoms with E-state index < -0.39 is 10.7 Å². The third kappa shape index (κ3) is 1.63. The second-order valence-corrected chi connectivity index (χ2v) is 3.21. The molecule has 0 N–H and O–H groups in total. The molecule has 1 heterocycles. The maximum atomic E-state index is 11.0. The fourth-order valence-electron chi connectivity index (χ4n) is 1.08. The predicted octanol–water partition coefficient (Wildman–Crippen LogP) is 1.91. The van der Waals surface area contributed by atoms with Gasteiger partial charge in [-0.05, 0) is 0 Å². The normalized spacial score (nSPS) is 10.6. The van der Waals surface area contributed by atoms with Gasteiger partial charge in [-0.2, -0.15) is 0 Å². The van der Waals surface area contributed by atoms with E-state index in [-0.39, 0.29) is 23.1 Å². The average Bonchev–Trinajstić information content (AvgIpc) is 2.46. The first kappa shape index (κ1) is 10.4. The largest absolute Gasteiger partial charge is 0.353 e. The van der Waals surface area contributed by atoms with Crippen LogP contribution < -0.4 is 0 Å². The molecule has 0 spiro atoms. The van der Waals surface area contributed by atoms with Gasteiger partial charge in [-0.3, -0.25) is 14.9 Å². The third-order valence-electron chi connectivity index (χ3n) is 1.73. The van der Waals surface area contributed by atoms with Gasteiger partial charge in [-0.1, -0.05) is 19.0 Å². The van der Waals surface area contributed by atoms with Gasteiger partial charge >= 0.3 is 5.69 Å². The molecule has 0 radical (unpaired) electrons. The highest BCUT2D eigenvalue weighted by molar-refractivity contribution is 5.96. The number of carbonyl (C=O) groups is 1. The Hall–Kier alpha value is -1.72. The van der Waals surface area contributed by atoms with Crippen LogP contribution >= 0.6 is 0 Å². The Morgan fingerprint density at radius 1 is 1.57 bits per heavy atom. The minimum absolute atomic E-state index is 0.139. The van der Waals surface area contributed by atoms with E-state index in [9.17, 15) is 14.9 Å². The summed E-state index contributed by atoms with van der Waals surface area (Å²) < 4.78 is 4.77. The lowest BCUT2D eigenvalue weighted by Crippen LogP contribution is -2.00. The highest BCUT2D eigenvalue weighted by atomic mass is 16.6. The Morgan fingerprint density at radius 2 is 2.14 bits per heavy atom. The van der Waals surface area contributed by atoms with Crippen LogP contribution in [0.15, 0.2) is 4.52 Å². The summed E-state index contributed by atoms with van der Waals surface area (Å²) >= 11 is 0. The van der Waals surface area contributed by atoms with E-state index in [0.717, 1.165) is 0 Å². The fraction of sp³-hybridized carbons (Fsp3) is 0.500. The summed E-state index contributed by atoms with van der Waals surface area (Å²) in [5.74, 6) is -0.497. The van der Waals surface area contributed by atoms with Crippen LogP contribution in [-0.4, -0.2) is 15.9 Å². The lowest BCUT2D eigenvalue weighted by atomic mass is 10.1. The van der Waals surface area contributed by atoms with Crippen LogP contribution in [0.3, 0.4) is 0 Å². The Morgan fingerprint density at radius 3 is 2.50 bits per heavy atom. The highest BCUT2D eigenvalue weighted by Gasteiger charge is 2.30. The monoisotopic (exact) mass is 198 g/mol. The smallest absolute Gasteiger partial charge is 0.342 e. The number of carbonyl (C=O) groups excluding carboxylic acids is 1. The molecule has 0 saturated heterocycles. The minimum atomic E-state index is -0.636. The van der Waals surface area contributed by atoms with E-state index in [1.807, 2.05) is 0 Å². The maximum absolute atomic E-state index is 11.0. The Labute approximate surface area is 80.0 Å². The molecule has 0 atom stereocenters. The molecule has 0 aliphatic rings. The summed E-state index contributed by atoms with van der Waals surface area (Å²) in [6, 6.07) is 0. The molecule has 6 nitrogen and oxygen atoms in total. The quantitative estimate of drug-likeness (QED) is 0.420. The van der Waals surface area contributed by atoms with E-state index in [1.54, 1.807) is 13.8 Å². The topological polar surface area (TPSA) is 86.2 Å². The van der Waals surface area contributed by atoms with Gasteiger partial charge in [0.05, 0.1) is 4.92 Å². The standard InChI is InChI=1S/C8H10N2O4/c1-4(2)8-7(10(12)13)6(5(3)11)9-14-8/h4H,1-3H3. The first-order chi connectivity index (χ1) is 6.45. The molecular formula is C8H10N2O4. The molecular weight excluding hydrogens is 188 g/mol. The van der Waals surface area contributed by atoms with Gasteiger partial charge < -0.3 is 4.52 Å². The number of hydrogen-bond acceptors (Lipinski definition) is 5. The van der Waals surface area contributed by atoms with Crippen molar-refractivity contribution in [3.05, 3.63) is 21.6 Å². The Kier molecular flexibility index (Phi) is 2.64. The molecule has 0 bridgehead atoms. The Bertz CT molecular complexity index is 381. The zero-order chi connectivity index (χ0) is 10.9. The van der Waals surface area contributed by atoms with Gasteiger partial charge in [0.15, 0.2) is 5.78 Å². The van der Waals surface area contributed by atoms with Crippen molar-refractivity contribution < 1.29 is 14.2 Å². The van der Waals surface area contributed by atoms with Gasteiger partial charge in [-0.15, -0.1) is 0 Å². The van der Waals surface area contributed by atoms with E-state index in [1.165, 1.54) is 6.92 Å². The molecule has 76 valence electrons. The molecule has 1 rings (SSSR count). The lowest BCUT2D eigenvalue weighted by Gasteiger charge is -1.96.